The van der Waals surface area contributed by atoms with Crippen LogP contribution in [0.3, 0.4) is 0 Å². The summed E-state index contributed by atoms with van der Waals surface area (Å²) in [4.78, 5) is 0. The highest BCUT2D eigenvalue weighted by molar-refractivity contribution is 4.76. The zero-order chi connectivity index (χ0) is 11.2. The molecule has 2 nitrogen and oxygen atoms in total. The van der Waals surface area contributed by atoms with Crippen molar-refractivity contribution < 1.29 is 5.11 Å². The zero-order valence-corrected chi connectivity index (χ0v) is 10.4. The number of nitrogens with one attached hydrogen (secondary N) is 1. The van der Waals surface area contributed by atoms with Crippen molar-refractivity contribution in [2.75, 3.05) is 6.54 Å². The number of hydrogen-bond acceptors (Lipinski definition) is 2. The number of hydrogen-bond donors (Lipinski definition) is 2. The Morgan fingerprint density at radius 1 is 1.29 bits per heavy atom. The predicted molar refractivity (Wildman–Crippen MR) is 62.5 cm³/mol. The minimum Gasteiger partial charge on any atom is -0.390 e. The second-order valence-corrected chi connectivity index (χ2v) is 5.07. The van der Waals surface area contributed by atoms with Crippen LogP contribution in [-0.2, 0) is 0 Å². The molecule has 2 atom stereocenters. The Morgan fingerprint density at radius 3 is 2.29 bits per heavy atom. The first-order valence-electron chi connectivity index (χ1n) is 5.83. The van der Waals surface area contributed by atoms with Gasteiger partial charge >= 0.3 is 0 Å². The summed E-state index contributed by atoms with van der Waals surface area (Å²) in [5.74, 6) is 0.615. The van der Waals surface area contributed by atoms with Crippen LogP contribution >= 0.6 is 0 Å². The molecule has 0 fully saturated rings. The van der Waals surface area contributed by atoms with Gasteiger partial charge in [-0.3, -0.25) is 0 Å². The van der Waals surface area contributed by atoms with Crippen LogP contribution in [0.2, 0.25) is 0 Å². The Kier molecular flexibility index (Phi) is 6.38. The predicted octanol–water partition coefficient (Wildman–Crippen LogP) is 2.56. The molecule has 0 amide bonds. The van der Waals surface area contributed by atoms with Crippen molar-refractivity contribution in [3.05, 3.63) is 0 Å². The molecular weight excluding hydrogens is 174 g/mol. The van der Waals surface area contributed by atoms with Gasteiger partial charge in [-0.1, -0.05) is 34.1 Å². The summed E-state index contributed by atoms with van der Waals surface area (Å²) in [5, 5.41) is 13.4. The highest BCUT2D eigenvalue weighted by Gasteiger charge is 2.22. The van der Waals surface area contributed by atoms with Crippen LogP contribution in [0.15, 0.2) is 0 Å². The lowest BCUT2D eigenvalue weighted by atomic mass is 9.89. The summed E-state index contributed by atoms with van der Waals surface area (Å²) in [6.07, 6.45) is 2.90. The summed E-state index contributed by atoms with van der Waals surface area (Å²) in [6, 6.07) is 0.509. The van der Waals surface area contributed by atoms with Crippen LogP contribution in [0, 0.1) is 5.92 Å². The van der Waals surface area contributed by atoms with Crippen LogP contribution in [-0.4, -0.2) is 23.3 Å². The molecule has 0 heterocycles. The van der Waals surface area contributed by atoms with Crippen LogP contribution in [0.1, 0.15) is 53.9 Å². The molecule has 0 spiro atoms. The molecule has 0 saturated heterocycles. The molecule has 14 heavy (non-hydrogen) atoms. The van der Waals surface area contributed by atoms with Gasteiger partial charge in [-0.15, -0.1) is 0 Å². The molecule has 0 saturated carbocycles. The fourth-order valence-corrected chi connectivity index (χ4v) is 1.63. The van der Waals surface area contributed by atoms with Crippen molar-refractivity contribution >= 4 is 0 Å². The SMILES string of the molecule is CCC(C)CC(C)(O)CCNC(C)C. The Balaban J connectivity index is 3.71. The lowest BCUT2D eigenvalue weighted by Gasteiger charge is -2.26. The topological polar surface area (TPSA) is 32.3 Å². The maximum atomic E-state index is 10.1. The van der Waals surface area contributed by atoms with E-state index in [0.29, 0.717) is 12.0 Å². The fraction of sp³-hybridized carbons (Fsp3) is 1.00. The molecule has 2 N–H and O–H groups in total. The van der Waals surface area contributed by atoms with Crippen molar-refractivity contribution in [3.63, 3.8) is 0 Å². The van der Waals surface area contributed by atoms with E-state index in [1.54, 1.807) is 0 Å². The largest absolute Gasteiger partial charge is 0.390 e. The van der Waals surface area contributed by atoms with E-state index in [4.69, 9.17) is 0 Å². The lowest BCUT2D eigenvalue weighted by Crippen LogP contribution is -2.34. The van der Waals surface area contributed by atoms with Gasteiger partial charge in [0.05, 0.1) is 5.60 Å². The smallest absolute Gasteiger partial charge is 0.0634 e. The third-order valence-electron chi connectivity index (χ3n) is 2.70. The second-order valence-electron chi connectivity index (χ2n) is 5.07. The maximum absolute atomic E-state index is 10.1. The fourth-order valence-electron chi connectivity index (χ4n) is 1.63. The number of rotatable bonds is 7. The highest BCUT2D eigenvalue weighted by atomic mass is 16.3. The standard InChI is InChI=1S/C12H27NO/c1-6-11(4)9-12(5,14)7-8-13-10(2)3/h10-11,13-14H,6-9H2,1-5H3. The molecule has 0 aliphatic carbocycles. The van der Waals surface area contributed by atoms with E-state index in [-0.39, 0.29) is 0 Å². The van der Waals surface area contributed by atoms with Crippen LogP contribution in [0.5, 0.6) is 0 Å². The molecule has 0 rings (SSSR count). The quantitative estimate of drug-likeness (QED) is 0.663. The van der Waals surface area contributed by atoms with Crippen molar-refractivity contribution in [2.24, 2.45) is 5.92 Å². The summed E-state index contributed by atoms with van der Waals surface area (Å²) < 4.78 is 0. The summed E-state index contributed by atoms with van der Waals surface area (Å²) in [7, 11) is 0. The van der Waals surface area contributed by atoms with E-state index >= 15 is 0 Å². The molecule has 2 heteroatoms. The van der Waals surface area contributed by atoms with Gasteiger partial charge in [-0.25, -0.2) is 0 Å². The molecule has 0 aromatic rings. The summed E-state index contributed by atoms with van der Waals surface area (Å²) in [5.41, 5.74) is -0.503. The van der Waals surface area contributed by atoms with Gasteiger partial charge in [0, 0.05) is 6.04 Å². The Bertz CT molecular complexity index is 143. The first-order valence-corrected chi connectivity index (χ1v) is 5.83. The minimum absolute atomic E-state index is 0.503. The van der Waals surface area contributed by atoms with Gasteiger partial charge in [0.25, 0.3) is 0 Å². The van der Waals surface area contributed by atoms with E-state index in [1.165, 1.54) is 0 Å². The average Bonchev–Trinajstić information content (AvgIpc) is 2.02. The minimum atomic E-state index is -0.503. The van der Waals surface area contributed by atoms with Crippen molar-refractivity contribution in [1.29, 1.82) is 0 Å². The molecule has 86 valence electrons. The summed E-state index contributed by atoms with van der Waals surface area (Å²) >= 11 is 0. The third-order valence-corrected chi connectivity index (χ3v) is 2.70. The average molecular weight is 201 g/mol. The molecule has 2 unspecified atom stereocenters. The Hall–Kier alpha value is -0.0800. The van der Waals surface area contributed by atoms with Crippen LogP contribution in [0.25, 0.3) is 0 Å². The monoisotopic (exact) mass is 201 g/mol. The molecule has 0 aliphatic heterocycles. The van der Waals surface area contributed by atoms with Crippen molar-refractivity contribution in [2.45, 2.75) is 65.5 Å². The molecule has 0 aromatic carbocycles. The molecule has 0 radical (unpaired) electrons. The summed E-state index contributed by atoms with van der Waals surface area (Å²) in [6.45, 7) is 11.5. The normalized spacial score (nSPS) is 18.2. The van der Waals surface area contributed by atoms with E-state index < -0.39 is 5.60 Å². The highest BCUT2D eigenvalue weighted by Crippen LogP contribution is 2.21. The Labute approximate surface area is 89.1 Å². The Morgan fingerprint density at radius 2 is 1.86 bits per heavy atom. The van der Waals surface area contributed by atoms with E-state index in [2.05, 4.69) is 33.0 Å². The first-order chi connectivity index (χ1) is 6.37. The van der Waals surface area contributed by atoms with E-state index in [0.717, 1.165) is 25.8 Å². The van der Waals surface area contributed by atoms with E-state index in [9.17, 15) is 5.11 Å². The first kappa shape index (κ1) is 13.9. The van der Waals surface area contributed by atoms with Crippen LogP contribution in [0.4, 0.5) is 0 Å². The molecule has 0 aromatic heterocycles. The second kappa shape index (κ2) is 6.41. The molecule has 0 aliphatic rings. The molecular formula is C12H27NO. The van der Waals surface area contributed by atoms with Crippen LogP contribution < -0.4 is 5.32 Å². The number of aliphatic hydroxyl groups is 1. The van der Waals surface area contributed by atoms with Gasteiger partial charge in [-0.05, 0) is 32.2 Å². The molecule has 0 bridgehead atoms. The van der Waals surface area contributed by atoms with Gasteiger partial charge in [0.1, 0.15) is 0 Å². The van der Waals surface area contributed by atoms with Gasteiger partial charge in [0.15, 0.2) is 0 Å². The van der Waals surface area contributed by atoms with Gasteiger partial charge in [0.2, 0.25) is 0 Å². The van der Waals surface area contributed by atoms with Gasteiger partial charge < -0.3 is 10.4 Å². The lowest BCUT2D eigenvalue weighted by molar-refractivity contribution is 0.0271. The van der Waals surface area contributed by atoms with Crippen molar-refractivity contribution in [3.8, 4) is 0 Å². The van der Waals surface area contributed by atoms with E-state index in [1.807, 2.05) is 6.92 Å². The van der Waals surface area contributed by atoms with Crippen molar-refractivity contribution in [1.82, 2.24) is 5.32 Å². The third kappa shape index (κ3) is 7.34. The van der Waals surface area contributed by atoms with Gasteiger partial charge in [-0.2, -0.15) is 0 Å². The maximum Gasteiger partial charge on any atom is 0.0634 e. The zero-order valence-electron chi connectivity index (χ0n) is 10.4.